The van der Waals surface area contributed by atoms with Gasteiger partial charge in [0.2, 0.25) is 5.91 Å². The lowest BCUT2D eigenvalue weighted by molar-refractivity contribution is -0.114. The molecule has 3 heteroatoms. The Hall–Kier alpha value is -2.29. The monoisotopic (exact) mass is 229 g/mol. The first-order chi connectivity index (χ1) is 8.18. The fourth-order valence-electron chi connectivity index (χ4n) is 1.13. The Balaban J connectivity index is 0.000000202. The SMILES string of the molecule is CC(=O)Nc1ccc(O)cc1.c1ccccc1. The van der Waals surface area contributed by atoms with Crippen molar-refractivity contribution in [3.63, 3.8) is 0 Å². The number of rotatable bonds is 1. The molecule has 3 nitrogen and oxygen atoms in total. The van der Waals surface area contributed by atoms with E-state index in [9.17, 15) is 4.79 Å². The van der Waals surface area contributed by atoms with Crippen LogP contribution in [0.25, 0.3) is 0 Å². The Morgan fingerprint density at radius 3 is 1.71 bits per heavy atom. The third-order valence-corrected chi connectivity index (χ3v) is 1.85. The fourth-order valence-corrected chi connectivity index (χ4v) is 1.13. The van der Waals surface area contributed by atoms with Crippen molar-refractivity contribution in [3.05, 3.63) is 60.7 Å². The summed E-state index contributed by atoms with van der Waals surface area (Å²) in [6.45, 7) is 1.44. The van der Waals surface area contributed by atoms with Crippen molar-refractivity contribution in [1.29, 1.82) is 0 Å². The van der Waals surface area contributed by atoms with Crippen molar-refractivity contribution in [2.24, 2.45) is 0 Å². The quantitative estimate of drug-likeness (QED) is 0.738. The first kappa shape index (κ1) is 12.8. The standard InChI is InChI=1S/C8H9NO2.C6H6/c1-6(10)9-7-2-4-8(11)5-3-7;1-2-4-6-5-3-1/h2-5,11H,1H3,(H,9,10);1-6H. The number of phenolic OH excluding ortho intramolecular Hbond substituents is 1. The molecule has 0 heterocycles. The minimum atomic E-state index is -0.115. The summed E-state index contributed by atoms with van der Waals surface area (Å²) in [6, 6.07) is 18.3. The molecular weight excluding hydrogens is 214 g/mol. The molecule has 2 N–H and O–H groups in total. The molecule has 2 aromatic carbocycles. The number of amides is 1. The molecule has 0 spiro atoms. The number of hydrogen-bond acceptors (Lipinski definition) is 2. The third kappa shape index (κ3) is 5.99. The molecule has 0 unspecified atom stereocenters. The van der Waals surface area contributed by atoms with Crippen molar-refractivity contribution in [1.82, 2.24) is 0 Å². The minimum absolute atomic E-state index is 0.115. The van der Waals surface area contributed by atoms with Crippen molar-refractivity contribution >= 4 is 11.6 Å². The molecule has 0 radical (unpaired) electrons. The molecule has 0 aromatic heterocycles. The van der Waals surface area contributed by atoms with Crippen LogP contribution in [0.3, 0.4) is 0 Å². The summed E-state index contributed by atoms with van der Waals surface area (Å²) >= 11 is 0. The number of carbonyl (C=O) groups excluding carboxylic acids is 1. The van der Waals surface area contributed by atoms with Gasteiger partial charge in [0.05, 0.1) is 0 Å². The molecule has 0 atom stereocenters. The largest absolute Gasteiger partial charge is 0.508 e. The topological polar surface area (TPSA) is 49.3 Å². The molecule has 88 valence electrons. The molecule has 0 aliphatic heterocycles. The van der Waals surface area contributed by atoms with E-state index in [0.29, 0.717) is 5.69 Å². The number of carbonyl (C=O) groups is 1. The van der Waals surface area contributed by atoms with Crippen LogP contribution in [0, 0.1) is 0 Å². The van der Waals surface area contributed by atoms with Gasteiger partial charge < -0.3 is 10.4 Å². The molecule has 0 bridgehead atoms. The molecule has 2 aromatic rings. The number of benzene rings is 2. The van der Waals surface area contributed by atoms with Gasteiger partial charge in [0, 0.05) is 12.6 Å². The van der Waals surface area contributed by atoms with E-state index in [1.165, 1.54) is 19.1 Å². The number of nitrogens with one attached hydrogen (secondary N) is 1. The lowest BCUT2D eigenvalue weighted by Crippen LogP contribution is -2.04. The Kier molecular flexibility index (Phi) is 5.31. The van der Waals surface area contributed by atoms with Crippen LogP contribution < -0.4 is 5.32 Å². The molecule has 0 aliphatic rings. The van der Waals surface area contributed by atoms with Gasteiger partial charge in [-0.2, -0.15) is 0 Å². The highest BCUT2D eigenvalue weighted by molar-refractivity contribution is 5.88. The second-order valence-corrected chi connectivity index (χ2v) is 3.38. The summed E-state index contributed by atoms with van der Waals surface area (Å²) in [5.74, 6) is 0.0785. The predicted molar refractivity (Wildman–Crippen MR) is 68.9 cm³/mol. The highest BCUT2D eigenvalue weighted by atomic mass is 16.3. The maximum atomic E-state index is 10.5. The van der Waals surface area contributed by atoms with Crippen LogP contribution in [0.2, 0.25) is 0 Å². The number of phenols is 1. The Bertz CT molecular complexity index is 411. The predicted octanol–water partition coefficient (Wildman–Crippen LogP) is 3.04. The molecule has 0 aliphatic carbocycles. The lowest BCUT2D eigenvalue weighted by Gasteiger charge is -1.99. The second kappa shape index (κ2) is 7.06. The zero-order chi connectivity index (χ0) is 12.5. The van der Waals surface area contributed by atoms with Gasteiger partial charge in [-0.15, -0.1) is 0 Å². The van der Waals surface area contributed by atoms with Crippen molar-refractivity contribution < 1.29 is 9.90 Å². The first-order valence-corrected chi connectivity index (χ1v) is 5.25. The molecular formula is C14H15NO2. The van der Waals surface area contributed by atoms with E-state index in [1.54, 1.807) is 12.1 Å². The van der Waals surface area contributed by atoms with E-state index < -0.39 is 0 Å². The normalized spacial score (nSPS) is 8.76. The zero-order valence-electron chi connectivity index (χ0n) is 9.63. The third-order valence-electron chi connectivity index (χ3n) is 1.85. The highest BCUT2D eigenvalue weighted by Crippen LogP contribution is 2.13. The average Bonchev–Trinajstić information content (AvgIpc) is 2.35. The molecule has 17 heavy (non-hydrogen) atoms. The Morgan fingerprint density at radius 1 is 0.941 bits per heavy atom. The maximum absolute atomic E-state index is 10.5. The van der Waals surface area contributed by atoms with Gasteiger partial charge in [0.15, 0.2) is 0 Å². The van der Waals surface area contributed by atoms with Crippen LogP contribution in [0.1, 0.15) is 6.92 Å². The van der Waals surface area contributed by atoms with Crippen LogP contribution in [0.5, 0.6) is 5.75 Å². The molecule has 0 saturated carbocycles. The van der Waals surface area contributed by atoms with Gasteiger partial charge in [0.25, 0.3) is 0 Å². The van der Waals surface area contributed by atoms with Gasteiger partial charge in [0.1, 0.15) is 5.75 Å². The summed E-state index contributed by atoms with van der Waals surface area (Å²) in [7, 11) is 0. The van der Waals surface area contributed by atoms with Gasteiger partial charge in [-0.25, -0.2) is 0 Å². The van der Waals surface area contributed by atoms with E-state index in [-0.39, 0.29) is 11.7 Å². The summed E-state index contributed by atoms with van der Waals surface area (Å²) in [5.41, 5.74) is 0.690. The van der Waals surface area contributed by atoms with Crippen molar-refractivity contribution in [2.75, 3.05) is 5.32 Å². The molecule has 1 amide bonds. The average molecular weight is 229 g/mol. The Labute approximate surface area is 101 Å². The van der Waals surface area contributed by atoms with E-state index in [0.717, 1.165) is 0 Å². The smallest absolute Gasteiger partial charge is 0.221 e. The first-order valence-electron chi connectivity index (χ1n) is 5.25. The molecule has 0 saturated heterocycles. The summed E-state index contributed by atoms with van der Waals surface area (Å²) in [4.78, 5) is 10.5. The van der Waals surface area contributed by atoms with E-state index in [4.69, 9.17) is 5.11 Å². The summed E-state index contributed by atoms with van der Waals surface area (Å²) in [6.07, 6.45) is 0. The molecule has 0 fully saturated rings. The fraction of sp³-hybridized carbons (Fsp3) is 0.0714. The van der Waals surface area contributed by atoms with E-state index in [2.05, 4.69) is 5.32 Å². The van der Waals surface area contributed by atoms with Crippen LogP contribution in [0.15, 0.2) is 60.7 Å². The second-order valence-electron chi connectivity index (χ2n) is 3.38. The van der Waals surface area contributed by atoms with Crippen LogP contribution >= 0.6 is 0 Å². The van der Waals surface area contributed by atoms with Gasteiger partial charge in [-0.1, -0.05) is 36.4 Å². The number of hydrogen-bond donors (Lipinski definition) is 2. The Morgan fingerprint density at radius 2 is 1.35 bits per heavy atom. The van der Waals surface area contributed by atoms with Crippen molar-refractivity contribution in [3.8, 4) is 5.75 Å². The maximum Gasteiger partial charge on any atom is 0.221 e. The van der Waals surface area contributed by atoms with Gasteiger partial charge >= 0.3 is 0 Å². The number of aromatic hydroxyl groups is 1. The van der Waals surface area contributed by atoms with E-state index >= 15 is 0 Å². The van der Waals surface area contributed by atoms with Crippen LogP contribution in [-0.4, -0.2) is 11.0 Å². The molecule has 2 rings (SSSR count). The number of anilines is 1. The zero-order valence-corrected chi connectivity index (χ0v) is 9.63. The lowest BCUT2D eigenvalue weighted by atomic mass is 10.3. The van der Waals surface area contributed by atoms with E-state index in [1.807, 2.05) is 36.4 Å². The highest BCUT2D eigenvalue weighted by Gasteiger charge is 1.93. The summed E-state index contributed by atoms with van der Waals surface area (Å²) < 4.78 is 0. The van der Waals surface area contributed by atoms with Gasteiger partial charge in [-0.3, -0.25) is 4.79 Å². The minimum Gasteiger partial charge on any atom is -0.508 e. The van der Waals surface area contributed by atoms with Gasteiger partial charge in [-0.05, 0) is 24.3 Å². The summed E-state index contributed by atoms with van der Waals surface area (Å²) in [5, 5.41) is 11.5. The van der Waals surface area contributed by atoms with Crippen molar-refractivity contribution in [2.45, 2.75) is 6.92 Å². The van der Waals surface area contributed by atoms with Crippen LogP contribution in [-0.2, 0) is 4.79 Å². The van der Waals surface area contributed by atoms with Crippen LogP contribution in [0.4, 0.5) is 5.69 Å².